The molecule has 32 heavy (non-hydrogen) atoms. The zero-order chi connectivity index (χ0) is 23.4. The maximum atomic E-state index is 14.5. The molecule has 170 valence electrons. The molecular weight excluding hydrogens is 427 g/mol. The molecule has 0 aliphatic rings. The van der Waals surface area contributed by atoms with E-state index in [1.54, 1.807) is 6.92 Å². The molecule has 0 aliphatic carbocycles. The predicted octanol–water partition coefficient (Wildman–Crippen LogP) is 4.88. The highest BCUT2D eigenvalue weighted by atomic mass is 19.3. The number of hydrogen-bond acceptors (Lipinski definition) is 5. The summed E-state index contributed by atoms with van der Waals surface area (Å²) in [5, 5.41) is 0.472. The van der Waals surface area contributed by atoms with E-state index in [9.17, 15) is 22.8 Å². The molecule has 2 aromatic carbocycles. The van der Waals surface area contributed by atoms with Gasteiger partial charge >= 0.3 is 12.6 Å². The number of ether oxygens (including phenoxy) is 3. The molecule has 3 aromatic rings. The molecule has 6 nitrogen and oxygen atoms in total. The first kappa shape index (κ1) is 23.2. The van der Waals surface area contributed by atoms with Crippen molar-refractivity contribution in [2.24, 2.45) is 0 Å². The Balaban J connectivity index is 2.09. The van der Waals surface area contributed by atoms with Crippen LogP contribution in [0.4, 0.5) is 13.2 Å². The van der Waals surface area contributed by atoms with Crippen molar-refractivity contribution >= 4 is 22.8 Å². The maximum absolute atomic E-state index is 14.5. The normalized spacial score (nSPS) is 11.1. The third kappa shape index (κ3) is 4.71. The standard InChI is InChI=1S/C23H22F3NO5/c1-4-9-31-21(28)11-16-13(2)27(19-12-18(24)20(30-3)10-17(16)19)22(29)14-5-7-15(8-6-14)32-23(25)26/h5-8,10,12,23H,4,9,11H2,1-3H3. The fraction of sp³-hybridized carbons (Fsp3) is 0.304. The van der Waals surface area contributed by atoms with Gasteiger partial charge in [0.2, 0.25) is 0 Å². The van der Waals surface area contributed by atoms with Crippen LogP contribution in [0.15, 0.2) is 36.4 Å². The number of fused-ring (bicyclic) bond motifs is 1. The molecule has 0 spiro atoms. The third-order valence-electron chi connectivity index (χ3n) is 4.93. The molecule has 0 radical (unpaired) electrons. The van der Waals surface area contributed by atoms with Crippen LogP contribution in [-0.2, 0) is 16.0 Å². The van der Waals surface area contributed by atoms with Gasteiger partial charge in [0.15, 0.2) is 11.6 Å². The summed E-state index contributed by atoms with van der Waals surface area (Å²) in [6, 6.07) is 7.75. The highest BCUT2D eigenvalue weighted by Crippen LogP contribution is 2.33. The van der Waals surface area contributed by atoms with Gasteiger partial charge in [0, 0.05) is 22.7 Å². The van der Waals surface area contributed by atoms with E-state index in [0.29, 0.717) is 23.1 Å². The maximum Gasteiger partial charge on any atom is 0.387 e. The van der Waals surface area contributed by atoms with Crippen molar-refractivity contribution in [2.45, 2.75) is 33.3 Å². The number of alkyl halides is 2. The molecule has 0 saturated carbocycles. The van der Waals surface area contributed by atoms with Crippen LogP contribution in [0.3, 0.4) is 0 Å². The van der Waals surface area contributed by atoms with E-state index in [2.05, 4.69) is 4.74 Å². The number of rotatable bonds is 8. The number of carbonyl (C=O) groups excluding carboxylic acids is 2. The third-order valence-corrected chi connectivity index (χ3v) is 4.93. The average molecular weight is 449 g/mol. The summed E-state index contributed by atoms with van der Waals surface area (Å²) in [4.78, 5) is 25.5. The number of carbonyl (C=O) groups is 2. The Labute approximate surface area is 182 Å². The van der Waals surface area contributed by atoms with Gasteiger partial charge in [-0.3, -0.25) is 14.2 Å². The van der Waals surface area contributed by atoms with Crippen molar-refractivity contribution in [3.05, 3.63) is 59.0 Å². The van der Waals surface area contributed by atoms with Crippen LogP contribution >= 0.6 is 0 Å². The van der Waals surface area contributed by atoms with Crippen LogP contribution in [-0.4, -0.2) is 36.8 Å². The molecule has 0 atom stereocenters. The lowest BCUT2D eigenvalue weighted by atomic mass is 10.1. The van der Waals surface area contributed by atoms with Crippen molar-refractivity contribution in [3.8, 4) is 11.5 Å². The first-order chi connectivity index (χ1) is 15.3. The van der Waals surface area contributed by atoms with E-state index in [4.69, 9.17) is 9.47 Å². The molecule has 0 fully saturated rings. The lowest BCUT2D eigenvalue weighted by Crippen LogP contribution is -2.15. The van der Waals surface area contributed by atoms with Crippen molar-refractivity contribution < 1.29 is 37.0 Å². The second-order valence-corrected chi connectivity index (χ2v) is 7.01. The highest BCUT2D eigenvalue weighted by Gasteiger charge is 2.24. The van der Waals surface area contributed by atoms with Gasteiger partial charge in [-0.25, -0.2) is 4.39 Å². The molecule has 9 heteroatoms. The van der Waals surface area contributed by atoms with Crippen molar-refractivity contribution in [1.29, 1.82) is 0 Å². The van der Waals surface area contributed by atoms with Crippen LogP contribution in [0.2, 0.25) is 0 Å². The molecule has 0 aliphatic heterocycles. The summed E-state index contributed by atoms with van der Waals surface area (Å²) in [6.45, 7) is 0.786. The largest absolute Gasteiger partial charge is 0.494 e. The highest BCUT2D eigenvalue weighted by molar-refractivity contribution is 6.05. The fourth-order valence-corrected chi connectivity index (χ4v) is 3.44. The molecular formula is C23H22F3NO5. The van der Waals surface area contributed by atoms with E-state index in [1.807, 2.05) is 6.92 Å². The summed E-state index contributed by atoms with van der Waals surface area (Å²) in [5.41, 5.74) is 1.35. The van der Waals surface area contributed by atoms with E-state index < -0.39 is 24.3 Å². The summed E-state index contributed by atoms with van der Waals surface area (Å²) < 4.78 is 55.0. The Morgan fingerprint density at radius 3 is 2.41 bits per heavy atom. The van der Waals surface area contributed by atoms with Crippen LogP contribution in [0.5, 0.6) is 11.5 Å². The second-order valence-electron chi connectivity index (χ2n) is 7.01. The summed E-state index contributed by atoms with van der Waals surface area (Å²) >= 11 is 0. The Bertz CT molecular complexity index is 1140. The minimum absolute atomic E-state index is 0.0289. The SMILES string of the molecule is CCCOC(=O)Cc1c(C)n(C(=O)c2ccc(OC(F)F)cc2)c2cc(F)c(OC)cc12. The van der Waals surface area contributed by atoms with Crippen molar-refractivity contribution in [1.82, 2.24) is 4.57 Å². The fourth-order valence-electron chi connectivity index (χ4n) is 3.44. The molecule has 0 unspecified atom stereocenters. The van der Waals surface area contributed by atoms with E-state index in [-0.39, 0.29) is 35.6 Å². The van der Waals surface area contributed by atoms with Gasteiger partial charge in [0.05, 0.1) is 25.7 Å². The minimum Gasteiger partial charge on any atom is -0.494 e. The zero-order valence-corrected chi connectivity index (χ0v) is 17.8. The first-order valence-corrected chi connectivity index (χ1v) is 9.89. The monoisotopic (exact) mass is 449 g/mol. The molecule has 3 rings (SSSR count). The number of esters is 1. The number of benzene rings is 2. The van der Waals surface area contributed by atoms with Crippen molar-refractivity contribution in [2.75, 3.05) is 13.7 Å². The minimum atomic E-state index is -2.99. The Morgan fingerprint density at radius 1 is 1.12 bits per heavy atom. The van der Waals surface area contributed by atoms with Gasteiger partial charge in [-0.1, -0.05) is 6.92 Å². The van der Waals surface area contributed by atoms with E-state index in [0.717, 1.165) is 6.07 Å². The van der Waals surface area contributed by atoms with Gasteiger partial charge in [0.25, 0.3) is 5.91 Å². The van der Waals surface area contributed by atoms with Gasteiger partial charge in [0.1, 0.15) is 5.75 Å². The molecule has 0 N–H and O–H groups in total. The van der Waals surface area contributed by atoms with E-state index in [1.165, 1.54) is 42.0 Å². The van der Waals surface area contributed by atoms with Gasteiger partial charge in [-0.05, 0) is 49.2 Å². The van der Waals surface area contributed by atoms with Gasteiger partial charge in [-0.2, -0.15) is 8.78 Å². The summed E-state index contributed by atoms with van der Waals surface area (Å²) in [6.07, 6.45) is 0.549. The lowest BCUT2D eigenvalue weighted by Gasteiger charge is -2.09. The number of halogens is 3. The summed E-state index contributed by atoms with van der Waals surface area (Å²) in [5.74, 6) is -1.79. The van der Waals surface area contributed by atoms with Crippen molar-refractivity contribution in [3.63, 3.8) is 0 Å². The quantitative estimate of drug-likeness (QED) is 0.459. The van der Waals surface area contributed by atoms with Crippen LogP contribution < -0.4 is 9.47 Å². The molecule has 1 aromatic heterocycles. The smallest absolute Gasteiger partial charge is 0.387 e. The molecule has 0 saturated heterocycles. The number of aromatic nitrogens is 1. The van der Waals surface area contributed by atoms with E-state index >= 15 is 0 Å². The second kappa shape index (κ2) is 9.76. The van der Waals surface area contributed by atoms with Gasteiger partial charge < -0.3 is 14.2 Å². The average Bonchev–Trinajstić information content (AvgIpc) is 3.01. The first-order valence-electron chi connectivity index (χ1n) is 9.89. The topological polar surface area (TPSA) is 66.8 Å². The van der Waals surface area contributed by atoms with Crippen LogP contribution in [0.25, 0.3) is 10.9 Å². The zero-order valence-electron chi connectivity index (χ0n) is 17.8. The Morgan fingerprint density at radius 2 is 1.81 bits per heavy atom. The number of nitrogens with zero attached hydrogens (tertiary/aromatic N) is 1. The van der Waals surface area contributed by atoms with Crippen LogP contribution in [0.1, 0.15) is 35.0 Å². The molecule has 1 heterocycles. The number of methoxy groups -OCH3 is 1. The van der Waals surface area contributed by atoms with Gasteiger partial charge in [-0.15, -0.1) is 0 Å². The molecule has 0 bridgehead atoms. The lowest BCUT2D eigenvalue weighted by molar-refractivity contribution is -0.142. The summed E-state index contributed by atoms with van der Waals surface area (Å²) in [7, 11) is 1.32. The molecule has 0 amide bonds. The Hall–Kier alpha value is -3.49. The predicted molar refractivity (Wildman–Crippen MR) is 111 cm³/mol. The van der Waals surface area contributed by atoms with Crippen LogP contribution in [0, 0.1) is 12.7 Å². The number of hydrogen-bond donors (Lipinski definition) is 0. The Kier molecular flexibility index (Phi) is 7.07.